The molecule has 1 aromatic carbocycles. The average molecular weight is 347 g/mol. The van der Waals surface area contributed by atoms with Crippen LogP contribution in [-0.2, 0) is 15.6 Å². The molecule has 0 aliphatic rings. The van der Waals surface area contributed by atoms with Gasteiger partial charge < -0.3 is 10.5 Å². The maximum Gasteiger partial charge on any atom is 0.328 e. The van der Waals surface area contributed by atoms with E-state index in [0.29, 0.717) is 23.7 Å². The van der Waals surface area contributed by atoms with Crippen LogP contribution in [0.1, 0.15) is 83.3 Å². The molecule has 0 spiro atoms. The van der Waals surface area contributed by atoms with Crippen molar-refractivity contribution in [2.75, 3.05) is 0 Å². The highest BCUT2D eigenvalue weighted by Gasteiger charge is 2.28. The summed E-state index contributed by atoms with van der Waals surface area (Å²) in [6.45, 7) is 16.4. The van der Waals surface area contributed by atoms with Crippen LogP contribution in [0.4, 0.5) is 0 Å². The monoisotopic (exact) mass is 347 g/mol. The van der Waals surface area contributed by atoms with Crippen LogP contribution >= 0.6 is 0 Å². The summed E-state index contributed by atoms with van der Waals surface area (Å²) in [5, 5.41) is 0. The van der Waals surface area contributed by atoms with E-state index < -0.39 is 12.0 Å². The van der Waals surface area contributed by atoms with E-state index in [-0.39, 0.29) is 10.8 Å². The molecule has 0 heterocycles. The highest BCUT2D eigenvalue weighted by molar-refractivity contribution is 5.85. The van der Waals surface area contributed by atoms with Crippen molar-refractivity contribution in [1.82, 2.24) is 0 Å². The SMILES string of the molecule is CC(C)C[C@@H](N)C(=O)Oc1c(C=O)cc(C(C)(C)C)cc1C(C)(C)C. The average Bonchev–Trinajstić information content (AvgIpc) is 2.43. The highest BCUT2D eigenvalue weighted by atomic mass is 16.5. The minimum Gasteiger partial charge on any atom is -0.424 e. The van der Waals surface area contributed by atoms with Gasteiger partial charge in [-0.15, -0.1) is 0 Å². The number of rotatable bonds is 5. The molecular weight excluding hydrogens is 314 g/mol. The first kappa shape index (κ1) is 21.4. The fourth-order valence-electron chi connectivity index (χ4n) is 2.62. The predicted octanol–water partition coefficient (Wildman–Crippen LogP) is 4.37. The number of esters is 1. The second-order valence-electron chi connectivity index (χ2n) is 9.22. The Hall–Kier alpha value is -1.68. The van der Waals surface area contributed by atoms with Crippen molar-refractivity contribution in [3.8, 4) is 5.75 Å². The molecule has 4 nitrogen and oxygen atoms in total. The Morgan fingerprint density at radius 3 is 2.08 bits per heavy atom. The number of hydrogen-bond acceptors (Lipinski definition) is 4. The largest absolute Gasteiger partial charge is 0.424 e. The van der Waals surface area contributed by atoms with Crippen LogP contribution in [-0.4, -0.2) is 18.3 Å². The van der Waals surface area contributed by atoms with Gasteiger partial charge in [0, 0.05) is 5.56 Å². The van der Waals surface area contributed by atoms with Gasteiger partial charge in [-0.05, 0) is 34.8 Å². The van der Waals surface area contributed by atoms with E-state index in [4.69, 9.17) is 10.5 Å². The van der Waals surface area contributed by atoms with Crippen molar-refractivity contribution in [1.29, 1.82) is 0 Å². The van der Waals surface area contributed by atoms with Gasteiger partial charge in [0.15, 0.2) is 6.29 Å². The number of carbonyl (C=O) groups is 2. The summed E-state index contributed by atoms with van der Waals surface area (Å²) >= 11 is 0. The Morgan fingerprint density at radius 2 is 1.68 bits per heavy atom. The molecule has 0 aliphatic carbocycles. The van der Waals surface area contributed by atoms with Crippen LogP contribution in [0.15, 0.2) is 12.1 Å². The highest BCUT2D eigenvalue weighted by Crippen LogP contribution is 2.38. The molecule has 0 unspecified atom stereocenters. The molecule has 0 radical (unpaired) electrons. The van der Waals surface area contributed by atoms with Gasteiger partial charge >= 0.3 is 5.97 Å². The van der Waals surface area contributed by atoms with E-state index in [2.05, 4.69) is 20.8 Å². The Bertz CT molecular complexity index is 634. The zero-order valence-corrected chi connectivity index (χ0v) is 16.9. The maximum atomic E-state index is 12.4. The molecular formula is C21H33NO3. The van der Waals surface area contributed by atoms with Gasteiger partial charge in [0.2, 0.25) is 0 Å². The van der Waals surface area contributed by atoms with Gasteiger partial charge in [-0.1, -0.05) is 61.5 Å². The third kappa shape index (κ3) is 5.67. The van der Waals surface area contributed by atoms with E-state index in [9.17, 15) is 9.59 Å². The van der Waals surface area contributed by atoms with E-state index in [1.54, 1.807) is 6.07 Å². The summed E-state index contributed by atoms with van der Waals surface area (Å²) < 4.78 is 5.63. The predicted molar refractivity (Wildman–Crippen MR) is 102 cm³/mol. The standard InChI is InChI=1S/C21H33NO3/c1-13(2)9-17(22)19(24)25-18-14(12-23)10-15(20(3,4)5)11-16(18)21(6,7)8/h10-13,17H,9,22H2,1-8H3/t17-/m1/s1. The first-order valence-corrected chi connectivity index (χ1v) is 8.88. The molecule has 4 heteroatoms. The molecule has 0 saturated carbocycles. The fraction of sp³-hybridized carbons (Fsp3) is 0.619. The minimum absolute atomic E-state index is 0.117. The Morgan fingerprint density at radius 1 is 1.12 bits per heavy atom. The first-order chi connectivity index (χ1) is 11.3. The zero-order chi connectivity index (χ0) is 19.6. The second-order valence-corrected chi connectivity index (χ2v) is 9.22. The molecule has 1 rings (SSSR count). The van der Waals surface area contributed by atoms with Gasteiger partial charge in [-0.25, -0.2) is 4.79 Å². The Labute approximate surface area is 152 Å². The molecule has 25 heavy (non-hydrogen) atoms. The van der Waals surface area contributed by atoms with Gasteiger partial charge in [0.05, 0.1) is 5.56 Å². The first-order valence-electron chi connectivity index (χ1n) is 8.88. The molecule has 0 fully saturated rings. The van der Waals surface area contributed by atoms with Crippen LogP contribution in [0.25, 0.3) is 0 Å². The Balaban J connectivity index is 3.43. The van der Waals surface area contributed by atoms with Gasteiger partial charge in [-0.3, -0.25) is 4.79 Å². The molecule has 0 aromatic heterocycles. The van der Waals surface area contributed by atoms with Crippen LogP contribution in [0.3, 0.4) is 0 Å². The normalized spacial score (nSPS) is 13.7. The van der Waals surface area contributed by atoms with E-state index in [1.165, 1.54) is 0 Å². The Kier molecular flexibility index (Phi) is 6.57. The van der Waals surface area contributed by atoms with Gasteiger partial charge in [0.1, 0.15) is 11.8 Å². The summed E-state index contributed by atoms with van der Waals surface area (Å²) in [5.74, 6) is 0.129. The molecule has 2 N–H and O–H groups in total. The minimum atomic E-state index is -0.699. The fourth-order valence-corrected chi connectivity index (χ4v) is 2.62. The molecule has 0 bridgehead atoms. The smallest absolute Gasteiger partial charge is 0.328 e. The molecule has 1 atom stereocenters. The lowest BCUT2D eigenvalue weighted by molar-refractivity contribution is -0.136. The quantitative estimate of drug-likeness (QED) is 0.488. The van der Waals surface area contributed by atoms with Crippen molar-refractivity contribution in [3.05, 3.63) is 28.8 Å². The molecule has 0 saturated heterocycles. The molecule has 0 aliphatic heterocycles. The van der Waals surface area contributed by atoms with Crippen molar-refractivity contribution < 1.29 is 14.3 Å². The summed E-state index contributed by atoms with van der Waals surface area (Å²) in [7, 11) is 0. The lowest BCUT2D eigenvalue weighted by Crippen LogP contribution is -2.36. The number of nitrogens with two attached hydrogens (primary N) is 1. The summed E-state index contributed by atoms with van der Waals surface area (Å²) in [6.07, 6.45) is 1.29. The number of hydrogen-bond donors (Lipinski definition) is 1. The zero-order valence-electron chi connectivity index (χ0n) is 16.9. The number of carbonyl (C=O) groups excluding carboxylic acids is 2. The van der Waals surface area contributed by atoms with Crippen LogP contribution in [0, 0.1) is 5.92 Å². The molecule has 1 aromatic rings. The van der Waals surface area contributed by atoms with E-state index in [0.717, 1.165) is 17.4 Å². The number of ether oxygens (including phenoxy) is 1. The van der Waals surface area contributed by atoms with E-state index in [1.807, 2.05) is 40.7 Å². The third-order valence-corrected chi connectivity index (χ3v) is 4.15. The topological polar surface area (TPSA) is 69.4 Å². The van der Waals surface area contributed by atoms with Gasteiger partial charge in [-0.2, -0.15) is 0 Å². The summed E-state index contributed by atoms with van der Waals surface area (Å²) in [6, 6.07) is 3.14. The maximum absolute atomic E-state index is 12.4. The molecule has 140 valence electrons. The van der Waals surface area contributed by atoms with Crippen LogP contribution in [0.5, 0.6) is 5.75 Å². The van der Waals surface area contributed by atoms with Crippen molar-refractivity contribution in [2.24, 2.45) is 11.7 Å². The third-order valence-electron chi connectivity index (χ3n) is 4.15. The second kappa shape index (κ2) is 7.69. The summed E-state index contributed by atoms with van der Waals surface area (Å²) in [5.41, 5.74) is 7.82. The van der Waals surface area contributed by atoms with Crippen molar-refractivity contribution >= 4 is 12.3 Å². The van der Waals surface area contributed by atoms with Gasteiger partial charge in [0.25, 0.3) is 0 Å². The lowest BCUT2D eigenvalue weighted by atomic mass is 9.79. The number of aldehydes is 1. The number of benzene rings is 1. The molecule has 0 amide bonds. The van der Waals surface area contributed by atoms with Crippen molar-refractivity contribution in [2.45, 2.75) is 78.7 Å². The summed E-state index contributed by atoms with van der Waals surface area (Å²) in [4.78, 5) is 24.1. The van der Waals surface area contributed by atoms with Crippen LogP contribution in [0.2, 0.25) is 0 Å². The lowest BCUT2D eigenvalue weighted by Gasteiger charge is -2.28. The van der Waals surface area contributed by atoms with Crippen LogP contribution < -0.4 is 10.5 Å². The van der Waals surface area contributed by atoms with E-state index >= 15 is 0 Å². The van der Waals surface area contributed by atoms with Crippen molar-refractivity contribution in [3.63, 3.8) is 0 Å².